The Morgan fingerprint density at radius 2 is 1.48 bits per heavy atom. The molecule has 160 valence electrons. The number of anilines is 2. The van der Waals surface area contributed by atoms with E-state index >= 15 is 0 Å². The maximum absolute atomic E-state index is 12.7. The molecule has 0 saturated heterocycles. The highest BCUT2D eigenvalue weighted by Gasteiger charge is 2.19. The Bertz CT molecular complexity index is 1280. The van der Waals surface area contributed by atoms with E-state index in [4.69, 9.17) is 8.83 Å². The van der Waals surface area contributed by atoms with Gasteiger partial charge in [0.1, 0.15) is 11.5 Å². The second-order valence-corrected chi connectivity index (χ2v) is 7.40. The molecule has 0 spiro atoms. The first-order valence-electron chi connectivity index (χ1n) is 10.2. The number of nitrogens with zero attached hydrogens (tertiary/aromatic N) is 1. The average molecular weight is 420 g/mol. The van der Waals surface area contributed by atoms with Crippen LogP contribution in [0.2, 0.25) is 0 Å². The molecular weight excluding hydrogens is 396 g/mol. The average Bonchev–Trinajstić information content (AvgIpc) is 3.44. The monoisotopic (exact) mass is 420 g/mol. The first kappa shape index (κ1) is 20.5. The SMILES string of the molecule is CCc1cc(C)c(C(=O)Nc2ccc3[nH]nc(NC(=O)c4oc(CC)cc4C)c3c2)o1. The third kappa shape index (κ3) is 3.96. The lowest BCUT2D eigenvalue weighted by atomic mass is 10.2. The minimum atomic E-state index is -0.377. The summed E-state index contributed by atoms with van der Waals surface area (Å²) in [6, 6.07) is 9.01. The molecule has 3 aromatic heterocycles. The quantitative estimate of drug-likeness (QED) is 0.406. The van der Waals surface area contributed by atoms with Crippen LogP contribution < -0.4 is 10.6 Å². The molecule has 3 N–H and O–H groups in total. The fraction of sp³-hybridized carbons (Fsp3) is 0.261. The van der Waals surface area contributed by atoms with Crippen molar-refractivity contribution in [2.75, 3.05) is 10.6 Å². The summed E-state index contributed by atoms with van der Waals surface area (Å²) in [7, 11) is 0. The van der Waals surface area contributed by atoms with Gasteiger partial charge < -0.3 is 19.5 Å². The van der Waals surface area contributed by atoms with Crippen molar-refractivity contribution in [1.29, 1.82) is 0 Å². The summed E-state index contributed by atoms with van der Waals surface area (Å²) in [4.78, 5) is 25.3. The van der Waals surface area contributed by atoms with Crippen molar-refractivity contribution in [2.45, 2.75) is 40.5 Å². The van der Waals surface area contributed by atoms with Crippen LogP contribution in [0.5, 0.6) is 0 Å². The molecule has 2 amide bonds. The van der Waals surface area contributed by atoms with E-state index in [-0.39, 0.29) is 23.3 Å². The summed E-state index contributed by atoms with van der Waals surface area (Å²) in [5, 5.41) is 13.4. The van der Waals surface area contributed by atoms with Gasteiger partial charge in [0.15, 0.2) is 17.3 Å². The van der Waals surface area contributed by atoms with Crippen molar-refractivity contribution in [1.82, 2.24) is 10.2 Å². The Morgan fingerprint density at radius 1 is 0.903 bits per heavy atom. The molecule has 3 heterocycles. The molecule has 4 rings (SSSR count). The van der Waals surface area contributed by atoms with Gasteiger partial charge in [-0.25, -0.2) is 0 Å². The molecule has 0 atom stereocenters. The largest absolute Gasteiger partial charge is 0.456 e. The van der Waals surface area contributed by atoms with E-state index in [0.717, 1.165) is 28.2 Å². The number of carbonyl (C=O) groups excluding carboxylic acids is 2. The zero-order chi connectivity index (χ0) is 22.1. The molecular formula is C23H24N4O4. The van der Waals surface area contributed by atoms with Crippen LogP contribution in [0.4, 0.5) is 11.5 Å². The summed E-state index contributed by atoms with van der Waals surface area (Å²) in [5.74, 6) is 1.71. The van der Waals surface area contributed by atoms with Gasteiger partial charge in [-0.3, -0.25) is 14.7 Å². The number of aromatic amines is 1. The van der Waals surface area contributed by atoms with Crippen molar-refractivity contribution >= 4 is 34.2 Å². The van der Waals surface area contributed by atoms with Gasteiger partial charge in [-0.2, -0.15) is 5.10 Å². The van der Waals surface area contributed by atoms with Crippen molar-refractivity contribution in [3.8, 4) is 0 Å². The van der Waals surface area contributed by atoms with E-state index in [1.165, 1.54) is 0 Å². The van der Waals surface area contributed by atoms with Crippen LogP contribution >= 0.6 is 0 Å². The first-order valence-corrected chi connectivity index (χ1v) is 10.2. The standard InChI is InChI=1S/C23H24N4O4/c1-5-15-9-12(3)19(30-15)22(28)24-14-7-8-18-17(11-14)21(27-26-18)25-23(29)20-13(4)10-16(6-2)31-20/h7-11H,5-6H2,1-4H3,(H,24,28)(H2,25,26,27,29). The van der Waals surface area contributed by atoms with Crippen LogP contribution in [0.3, 0.4) is 0 Å². The van der Waals surface area contributed by atoms with Crippen LogP contribution in [0, 0.1) is 13.8 Å². The van der Waals surface area contributed by atoms with Crippen molar-refractivity contribution in [2.24, 2.45) is 0 Å². The van der Waals surface area contributed by atoms with Gasteiger partial charge >= 0.3 is 0 Å². The first-order chi connectivity index (χ1) is 14.9. The highest BCUT2D eigenvalue weighted by Crippen LogP contribution is 2.26. The number of H-pyrrole nitrogens is 1. The number of rotatable bonds is 6. The third-order valence-corrected chi connectivity index (χ3v) is 5.10. The molecule has 0 aliphatic carbocycles. The molecule has 8 heteroatoms. The lowest BCUT2D eigenvalue weighted by Crippen LogP contribution is -2.13. The molecule has 4 aromatic rings. The smallest absolute Gasteiger partial charge is 0.292 e. The third-order valence-electron chi connectivity index (χ3n) is 5.10. The van der Waals surface area contributed by atoms with Gasteiger partial charge in [-0.1, -0.05) is 13.8 Å². The zero-order valence-corrected chi connectivity index (χ0v) is 17.9. The number of aryl methyl sites for hydroxylation is 4. The van der Waals surface area contributed by atoms with Gasteiger partial charge in [-0.05, 0) is 44.2 Å². The Balaban J connectivity index is 1.57. The fourth-order valence-corrected chi connectivity index (χ4v) is 3.43. The zero-order valence-electron chi connectivity index (χ0n) is 17.9. The minimum absolute atomic E-state index is 0.262. The molecule has 0 bridgehead atoms. The number of amides is 2. The van der Waals surface area contributed by atoms with Crippen molar-refractivity contribution in [3.05, 3.63) is 64.5 Å². The summed E-state index contributed by atoms with van der Waals surface area (Å²) in [6.07, 6.45) is 1.42. The number of hydrogen-bond acceptors (Lipinski definition) is 5. The van der Waals surface area contributed by atoms with E-state index in [0.29, 0.717) is 29.7 Å². The summed E-state index contributed by atoms with van der Waals surface area (Å²) < 4.78 is 11.2. The Morgan fingerprint density at radius 3 is 2.03 bits per heavy atom. The predicted octanol–water partition coefficient (Wildman–Crippen LogP) is 5.00. The van der Waals surface area contributed by atoms with Crippen LogP contribution in [0.25, 0.3) is 10.9 Å². The van der Waals surface area contributed by atoms with E-state index in [1.54, 1.807) is 18.2 Å². The number of hydrogen-bond donors (Lipinski definition) is 3. The van der Waals surface area contributed by atoms with E-state index in [2.05, 4.69) is 20.8 Å². The highest BCUT2D eigenvalue weighted by molar-refractivity contribution is 6.08. The second-order valence-electron chi connectivity index (χ2n) is 7.40. The Kier molecular flexibility index (Phi) is 5.37. The van der Waals surface area contributed by atoms with Crippen molar-refractivity contribution in [3.63, 3.8) is 0 Å². The van der Waals surface area contributed by atoms with Crippen LogP contribution in [0.1, 0.15) is 57.6 Å². The van der Waals surface area contributed by atoms with Crippen LogP contribution in [-0.4, -0.2) is 22.0 Å². The van der Waals surface area contributed by atoms with Gasteiger partial charge in [0.2, 0.25) is 0 Å². The fourth-order valence-electron chi connectivity index (χ4n) is 3.43. The maximum atomic E-state index is 12.7. The van der Waals surface area contributed by atoms with Crippen molar-refractivity contribution < 1.29 is 18.4 Å². The topological polar surface area (TPSA) is 113 Å². The van der Waals surface area contributed by atoms with Gasteiger partial charge in [0, 0.05) is 35.0 Å². The Hall–Kier alpha value is -3.81. The normalized spacial score (nSPS) is 11.1. The molecule has 31 heavy (non-hydrogen) atoms. The summed E-state index contributed by atoms with van der Waals surface area (Å²) in [5.41, 5.74) is 2.83. The Labute approximate surface area is 179 Å². The van der Waals surface area contributed by atoms with E-state index in [9.17, 15) is 9.59 Å². The molecule has 0 aliphatic heterocycles. The molecule has 0 aliphatic rings. The van der Waals surface area contributed by atoms with Gasteiger partial charge in [0.25, 0.3) is 11.8 Å². The number of aromatic nitrogens is 2. The summed E-state index contributed by atoms with van der Waals surface area (Å²) >= 11 is 0. The summed E-state index contributed by atoms with van der Waals surface area (Å²) in [6.45, 7) is 7.60. The van der Waals surface area contributed by atoms with Crippen LogP contribution in [0.15, 0.2) is 39.2 Å². The van der Waals surface area contributed by atoms with Gasteiger partial charge in [0.05, 0.1) is 5.52 Å². The molecule has 0 unspecified atom stereocenters. The number of carbonyl (C=O) groups is 2. The molecule has 0 saturated carbocycles. The number of nitrogens with one attached hydrogen (secondary N) is 3. The molecule has 0 radical (unpaired) electrons. The van der Waals surface area contributed by atoms with Crippen LogP contribution in [-0.2, 0) is 12.8 Å². The number of fused-ring (bicyclic) bond motifs is 1. The van der Waals surface area contributed by atoms with Gasteiger partial charge in [-0.15, -0.1) is 0 Å². The molecule has 8 nitrogen and oxygen atoms in total. The highest BCUT2D eigenvalue weighted by atomic mass is 16.4. The lowest BCUT2D eigenvalue weighted by molar-refractivity contribution is 0.0986. The van der Waals surface area contributed by atoms with E-state index < -0.39 is 0 Å². The van der Waals surface area contributed by atoms with E-state index in [1.807, 2.05) is 39.8 Å². The maximum Gasteiger partial charge on any atom is 0.292 e. The number of furan rings is 2. The number of benzene rings is 1. The molecule has 1 aromatic carbocycles. The second kappa shape index (κ2) is 8.14. The minimum Gasteiger partial charge on any atom is -0.456 e. The predicted molar refractivity (Wildman–Crippen MR) is 118 cm³/mol. The lowest BCUT2D eigenvalue weighted by Gasteiger charge is -2.05. The molecule has 0 fully saturated rings.